The van der Waals surface area contributed by atoms with Gasteiger partial charge < -0.3 is 14.2 Å². The summed E-state index contributed by atoms with van der Waals surface area (Å²) in [5.74, 6) is 0.786. The van der Waals surface area contributed by atoms with Crippen LogP contribution in [-0.2, 0) is 9.59 Å². The van der Waals surface area contributed by atoms with E-state index in [0.29, 0.717) is 17.2 Å². The number of hydrogen-bond acceptors (Lipinski definition) is 7. The van der Waals surface area contributed by atoms with E-state index in [1.807, 2.05) is 24.3 Å². The molecule has 3 aliphatic rings. The number of rotatable bonds is 5. The van der Waals surface area contributed by atoms with Gasteiger partial charge in [-0.05, 0) is 24.6 Å². The fraction of sp³-hybridized carbons (Fsp3) is 0.391. The Balaban J connectivity index is 1.60. The predicted octanol–water partition coefficient (Wildman–Crippen LogP) is 2.25. The largest absolute Gasteiger partial charge is 0.497 e. The van der Waals surface area contributed by atoms with Crippen LogP contribution in [0.15, 0.2) is 42.5 Å². The van der Waals surface area contributed by atoms with Gasteiger partial charge in [0, 0.05) is 24.7 Å². The standard InChI is InChI=1S/C23H25N3O5/c1-29-14-9-10-16(18(13-14)31-3)26-22(27)19-20(15-7-4-5-8-17(15)30-2)24-11-6-12-25(24)21(19)23(26)28/h4-5,7-10,13,19-21H,6,11-12H2,1-3H3/t19-,20+,21-/m1/s1. The van der Waals surface area contributed by atoms with Gasteiger partial charge in [-0.1, -0.05) is 18.2 Å². The molecule has 0 N–H and O–H groups in total. The molecule has 8 nitrogen and oxygen atoms in total. The number of fused-ring (bicyclic) bond motifs is 3. The van der Waals surface area contributed by atoms with E-state index < -0.39 is 12.0 Å². The second kappa shape index (κ2) is 7.55. The van der Waals surface area contributed by atoms with Crippen LogP contribution in [0.25, 0.3) is 0 Å². The molecule has 2 amide bonds. The first-order valence-corrected chi connectivity index (χ1v) is 10.4. The molecule has 2 aromatic rings. The van der Waals surface area contributed by atoms with Crippen molar-refractivity contribution in [3.8, 4) is 17.2 Å². The smallest absolute Gasteiger partial charge is 0.253 e. The summed E-state index contributed by atoms with van der Waals surface area (Å²) in [6.45, 7) is 1.56. The van der Waals surface area contributed by atoms with Crippen LogP contribution in [0.5, 0.6) is 17.2 Å². The maximum atomic E-state index is 13.8. The van der Waals surface area contributed by atoms with E-state index in [1.165, 1.54) is 12.0 Å². The third-order valence-electron chi connectivity index (χ3n) is 6.49. The van der Waals surface area contributed by atoms with Gasteiger partial charge in [0.25, 0.3) is 5.91 Å². The van der Waals surface area contributed by atoms with Gasteiger partial charge >= 0.3 is 0 Å². The summed E-state index contributed by atoms with van der Waals surface area (Å²) in [4.78, 5) is 28.7. The summed E-state index contributed by atoms with van der Waals surface area (Å²) in [6, 6.07) is 12.1. The molecule has 2 aromatic carbocycles. The van der Waals surface area contributed by atoms with Crippen LogP contribution in [0.1, 0.15) is 18.0 Å². The lowest BCUT2D eigenvalue weighted by molar-refractivity contribution is -0.126. The van der Waals surface area contributed by atoms with Gasteiger partial charge in [-0.3, -0.25) is 9.59 Å². The van der Waals surface area contributed by atoms with Gasteiger partial charge in [-0.25, -0.2) is 14.9 Å². The third kappa shape index (κ3) is 2.82. The number of carbonyl (C=O) groups excluding carboxylic acids is 2. The average molecular weight is 423 g/mol. The molecule has 31 heavy (non-hydrogen) atoms. The summed E-state index contributed by atoms with van der Waals surface area (Å²) in [5, 5.41) is 4.24. The molecule has 3 atom stereocenters. The minimum Gasteiger partial charge on any atom is -0.497 e. The van der Waals surface area contributed by atoms with Crippen LogP contribution in [0, 0.1) is 5.92 Å². The van der Waals surface area contributed by atoms with E-state index in [1.54, 1.807) is 32.4 Å². The van der Waals surface area contributed by atoms with Crippen molar-refractivity contribution in [1.82, 2.24) is 10.0 Å². The number of ether oxygens (including phenoxy) is 3. The predicted molar refractivity (Wildman–Crippen MR) is 113 cm³/mol. The van der Waals surface area contributed by atoms with E-state index in [9.17, 15) is 9.59 Å². The van der Waals surface area contributed by atoms with E-state index in [2.05, 4.69) is 10.0 Å². The van der Waals surface area contributed by atoms with Crippen LogP contribution in [0.3, 0.4) is 0 Å². The molecule has 162 valence electrons. The van der Waals surface area contributed by atoms with Gasteiger partial charge in [0.05, 0.1) is 39.0 Å². The molecule has 3 saturated heterocycles. The van der Waals surface area contributed by atoms with Gasteiger partial charge in [-0.2, -0.15) is 0 Å². The molecule has 0 spiro atoms. The van der Waals surface area contributed by atoms with Crippen molar-refractivity contribution >= 4 is 17.5 Å². The molecule has 0 bridgehead atoms. The lowest BCUT2D eigenvalue weighted by Crippen LogP contribution is -2.44. The third-order valence-corrected chi connectivity index (χ3v) is 6.49. The number of amides is 2. The van der Waals surface area contributed by atoms with Gasteiger partial charge in [-0.15, -0.1) is 0 Å². The van der Waals surface area contributed by atoms with E-state index in [0.717, 1.165) is 30.8 Å². The zero-order valence-electron chi connectivity index (χ0n) is 17.8. The Bertz CT molecular complexity index is 1040. The van der Waals surface area contributed by atoms with Crippen molar-refractivity contribution in [3.05, 3.63) is 48.0 Å². The second-order valence-corrected chi connectivity index (χ2v) is 7.89. The molecule has 0 unspecified atom stereocenters. The average Bonchev–Trinajstić information content (AvgIpc) is 3.45. The molecule has 3 fully saturated rings. The molecule has 3 aliphatic heterocycles. The number of anilines is 1. The number of imide groups is 1. The van der Waals surface area contributed by atoms with Crippen molar-refractivity contribution in [2.24, 2.45) is 5.92 Å². The Hall–Kier alpha value is -3.10. The Labute approximate surface area is 180 Å². The number of para-hydroxylation sites is 1. The maximum Gasteiger partial charge on any atom is 0.253 e. The Morgan fingerprint density at radius 1 is 0.806 bits per heavy atom. The summed E-state index contributed by atoms with van der Waals surface area (Å²) in [5.41, 5.74) is 1.37. The molecule has 0 saturated carbocycles. The number of carbonyl (C=O) groups is 2. The van der Waals surface area contributed by atoms with Crippen LogP contribution in [0.2, 0.25) is 0 Å². The SMILES string of the molecule is COc1ccc(N2C(=O)[C@H]3[C@H](C2=O)N2CCCN2[C@H]3c2ccccc2OC)c(OC)c1. The van der Waals surface area contributed by atoms with Crippen LogP contribution < -0.4 is 19.1 Å². The molecule has 0 aliphatic carbocycles. The van der Waals surface area contributed by atoms with Gasteiger partial charge in [0.2, 0.25) is 5.91 Å². The minimum absolute atomic E-state index is 0.219. The molecule has 0 aromatic heterocycles. The summed E-state index contributed by atoms with van der Waals surface area (Å²) >= 11 is 0. The van der Waals surface area contributed by atoms with E-state index in [4.69, 9.17) is 14.2 Å². The van der Waals surface area contributed by atoms with E-state index in [-0.39, 0.29) is 17.9 Å². The molecule has 0 radical (unpaired) electrons. The monoisotopic (exact) mass is 423 g/mol. The van der Waals surface area contributed by atoms with Crippen LogP contribution >= 0.6 is 0 Å². The highest BCUT2D eigenvalue weighted by atomic mass is 16.5. The lowest BCUT2D eigenvalue weighted by Gasteiger charge is -2.30. The molecular weight excluding hydrogens is 398 g/mol. The number of nitrogens with zero attached hydrogens (tertiary/aromatic N) is 3. The molecule has 3 heterocycles. The Kier molecular flexibility index (Phi) is 4.83. The summed E-state index contributed by atoms with van der Waals surface area (Å²) in [7, 11) is 4.71. The van der Waals surface area contributed by atoms with Crippen molar-refractivity contribution < 1.29 is 23.8 Å². The van der Waals surface area contributed by atoms with Crippen LogP contribution in [0.4, 0.5) is 5.69 Å². The van der Waals surface area contributed by atoms with Crippen LogP contribution in [-0.4, -0.2) is 62.3 Å². The highest BCUT2D eigenvalue weighted by Crippen LogP contribution is 2.51. The Morgan fingerprint density at radius 3 is 2.23 bits per heavy atom. The zero-order chi connectivity index (χ0) is 21.7. The highest BCUT2D eigenvalue weighted by Gasteiger charge is 2.63. The molecular formula is C23H25N3O5. The molecule has 5 rings (SSSR count). The van der Waals surface area contributed by atoms with Crippen molar-refractivity contribution in [1.29, 1.82) is 0 Å². The summed E-state index contributed by atoms with van der Waals surface area (Å²) < 4.78 is 16.3. The quantitative estimate of drug-likeness (QED) is 0.683. The van der Waals surface area contributed by atoms with Crippen molar-refractivity contribution in [2.45, 2.75) is 18.5 Å². The van der Waals surface area contributed by atoms with E-state index >= 15 is 0 Å². The number of methoxy groups -OCH3 is 3. The maximum absolute atomic E-state index is 13.8. The first kappa shape index (κ1) is 19.8. The topological polar surface area (TPSA) is 71.6 Å². The highest BCUT2D eigenvalue weighted by molar-refractivity contribution is 6.24. The van der Waals surface area contributed by atoms with Crippen molar-refractivity contribution in [3.63, 3.8) is 0 Å². The first-order chi connectivity index (χ1) is 15.1. The second-order valence-electron chi connectivity index (χ2n) is 7.89. The zero-order valence-corrected chi connectivity index (χ0v) is 17.8. The normalized spacial score (nSPS) is 25.6. The number of hydrazine groups is 1. The lowest BCUT2D eigenvalue weighted by atomic mass is 9.89. The Morgan fingerprint density at radius 2 is 1.52 bits per heavy atom. The first-order valence-electron chi connectivity index (χ1n) is 10.4. The van der Waals surface area contributed by atoms with Gasteiger partial charge in [0.1, 0.15) is 23.3 Å². The van der Waals surface area contributed by atoms with Gasteiger partial charge in [0.15, 0.2) is 0 Å². The summed E-state index contributed by atoms with van der Waals surface area (Å²) in [6.07, 6.45) is 0.947. The fourth-order valence-corrected chi connectivity index (χ4v) is 5.21. The number of benzene rings is 2. The number of hydrogen-bond donors (Lipinski definition) is 0. The minimum atomic E-state index is -0.531. The fourth-order valence-electron chi connectivity index (χ4n) is 5.21. The molecule has 8 heteroatoms. The van der Waals surface area contributed by atoms with Crippen molar-refractivity contribution in [2.75, 3.05) is 39.3 Å².